The highest BCUT2D eigenvalue weighted by molar-refractivity contribution is 5.77. The van der Waals surface area contributed by atoms with Crippen LogP contribution in [0.4, 0.5) is 4.79 Å². The maximum absolute atomic E-state index is 11.9. The largest absolute Gasteiger partial charge is 0.444 e. The van der Waals surface area contributed by atoms with E-state index in [2.05, 4.69) is 0 Å². The molecule has 3 N–H and O–H groups in total. The summed E-state index contributed by atoms with van der Waals surface area (Å²) >= 11 is 0. The van der Waals surface area contributed by atoms with Crippen LogP contribution in [0.3, 0.4) is 0 Å². The standard InChI is InChI=1S/C12H23N3O2/c1-12(2,3)17-11(16)15-6-4-5-9(8-15)7-10(13)14/h9H,4-8H2,1-3H3,(H3,13,14). The van der Waals surface area contributed by atoms with Gasteiger partial charge in [0.2, 0.25) is 0 Å². The normalized spacial score (nSPS) is 21.1. The van der Waals surface area contributed by atoms with Gasteiger partial charge in [-0.2, -0.15) is 0 Å². The lowest BCUT2D eigenvalue weighted by atomic mass is 9.95. The highest BCUT2D eigenvalue weighted by Gasteiger charge is 2.27. The Bertz CT molecular complexity index is 297. The molecule has 1 amide bonds. The first-order valence-electron chi connectivity index (χ1n) is 6.09. The zero-order chi connectivity index (χ0) is 13.1. The van der Waals surface area contributed by atoms with E-state index in [-0.39, 0.29) is 11.9 Å². The van der Waals surface area contributed by atoms with Gasteiger partial charge in [-0.25, -0.2) is 4.79 Å². The number of ether oxygens (including phenoxy) is 1. The first-order valence-corrected chi connectivity index (χ1v) is 6.09. The number of nitrogens with zero attached hydrogens (tertiary/aromatic N) is 1. The number of amidine groups is 1. The smallest absolute Gasteiger partial charge is 0.410 e. The minimum atomic E-state index is -0.454. The molecule has 1 fully saturated rings. The fraction of sp³-hybridized carbons (Fsp3) is 0.833. The molecule has 0 bridgehead atoms. The van der Waals surface area contributed by atoms with Crippen molar-refractivity contribution in [2.75, 3.05) is 13.1 Å². The van der Waals surface area contributed by atoms with Crippen LogP contribution in [0.15, 0.2) is 0 Å². The Labute approximate surface area is 103 Å². The molecule has 1 saturated heterocycles. The van der Waals surface area contributed by atoms with Gasteiger partial charge in [-0.05, 0) is 39.5 Å². The van der Waals surface area contributed by atoms with Crippen molar-refractivity contribution in [2.45, 2.75) is 45.6 Å². The minimum Gasteiger partial charge on any atom is -0.444 e. The number of hydrogen-bond acceptors (Lipinski definition) is 3. The molecular weight excluding hydrogens is 218 g/mol. The van der Waals surface area contributed by atoms with Gasteiger partial charge in [-0.1, -0.05) is 0 Å². The Kier molecular flexibility index (Phi) is 4.37. The van der Waals surface area contributed by atoms with Gasteiger partial charge in [-0.15, -0.1) is 0 Å². The van der Waals surface area contributed by atoms with Gasteiger partial charge in [-0.3, -0.25) is 5.41 Å². The predicted octanol–water partition coefficient (Wildman–Crippen LogP) is 1.96. The molecular formula is C12H23N3O2. The van der Waals surface area contributed by atoms with Crippen molar-refractivity contribution in [1.82, 2.24) is 4.90 Å². The van der Waals surface area contributed by atoms with Crippen LogP contribution >= 0.6 is 0 Å². The van der Waals surface area contributed by atoms with E-state index in [4.69, 9.17) is 15.9 Å². The van der Waals surface area contributed by atoms with Crippen molar-refractivity contribution < 1.29 is 9.53 Å². The van der Waals surface area contributed by atoms with Crippen molar-refractivity contribution in [1.29, 1.82) is 5.41 Å². The second-order valence-corrected chi connectivity index (χ2v) is 5.66. The Morgan fingerprint density at radius 2 is 2.18 bits per heavy atom. The first-order chi connectivity index (χ1) is 7.78. The Morgan fingerprint density at radius 1 is 1.53 bits per heavy atom. The Hall–Kier alpha value is -1.26. The average molecular weight is 241 g/mol. The highest BCUT2D eigenvalue weighted by Crippen LogP contribution is 2.21. The van der Waals surface area contributed by atoms with Crippen molar-refractivity contribution in [2.24, 2.45) is 11.7 Å². The topological polar surface area (TPSA) is 79.4 Å². The van der Waals surface area contributed by atoms with Gasteiger partial charge in [0.05, 0.1) is 5.84 Å². The molecule has 0 radical (unpaired) electrons. The van der Waals surface area contributed by atoms with Crippen LogP contribution in [-0.2, 0) is 4.74 Å². The fourth-order valence-electron chi connectivity index (χ4n) is 2.03. The number of hydrogen-bond donors (Lipinski definition) is 2. The third-order valence-corrected chi connectivity index (χ3v) is 2.68. The Balaban J connectivity index is 2.49. The van der Waals surface area contributed by atoms with Gasteiger partial charge in [0.25, 0.3) is 0 Å². The summed E-state index contributed by atoms with van der Waals surface area (Å²) in [4.78, 5) is 13.6. The second kappa shape index (κ2) is 5.38. The average Bonchev–Trinajstić information content (AvgIpc) is 2.14. The molecule has 98 valence electrons. The number of rotatable bonds is 2. The van der Waals surface area contributed by atoms with Crippen molar-refractivity contribution in [3.63, 3.8) is 0 Å². The number of carbonyl (C=O) groups excluding carboxylic acids is 1. The van der Waals surface area contributed by atoms with Gasteiger partial charge >= 0.3 is 6.09 Å². The second-order valence-electron chi connectivity index (χ2n) is 5.66. The van der Waals surface area contributed by atoms with E-state index in [1.807, 2.05) is 20.8 Å². The minimum absolute atomic E-state index is 0.195. The van der Waals surface area contributed by atoms with Crippen LogP contribution in [0.2, 0.25) is 0 Å². The number of nitrogens with two attached hydrogens (primary N) is 1. The molecule has 0 saturated carbocycles. The van der Waals surface area contributed by atoms with Crippen molar-refractivity contribution >= 4 is 11.9 Å². The lowest BCUT2D eigenvalue weighted by molar-refractivity contribution is 0.0169. The van der Waals surface area contributed by atoms with Crippen molar-refractivity contribution in [3.05, 3.63) is 0 Å². The van der Waals surface area contributed by atoms with Crippen LogP contribution in [0.5, 0.6) is 0 Å². The van der Waals surface area contributed by atoms with Crippen LogP contribution in [0, 0.1) is 11.3 Å². The summed E-state index contributed by atoms with van der Waals surface area (Å²) in [5.74, 6) is 0.495. The molecule has 0 aliphatic carbocycles. The molecule has 5 heteroatoms. The van der Waals surface area contributed by atoms with Crippen LogP contribution < -0.4 is 5.73 Å². The summed E-state index contributed by atoms with van der Waals surface area (Å²) in [6, 6.07) is 0. The van der Waals surface area contributed by atoms with E-state index < -0.39 is 5.60 Å². The quantitative estimate of drug-likeness (QED) is 0.573. The molecule has 5 nitrogen and oxygen atoms in total. The summed E-state index contributed by atoms with van der Waals surface area (Å²) in [6.45, 7) is 6.98. The lowest BCUT2D eigenvalue weighted by Gasteiger charge is -2.34. The molecule has 1 aliphatic heterocycles. The van der Waals surface area contributed by atoms with Crippen LogP contribution in [-0.4, -0.2) is 35.5 Å². The van der Waals surface area contributed by atoms with Gasteiger partial charge < -0.3 is 15.4 Å². The number of piperidine rings is 1. The zero-order valence-electron chi connectivity index (χ0n) is 11.0. The van der Waals surface area contributed by atoms with E-state index in [0.29, 0.717) is 18.9 Å². The molecule has 1 aliphatic rings. The molecule has 1 heterocycles. The SMILES string of the molecule is CC(C)(C)OC(=O)N1CCCC(CC(=N)N)C1. The van der Waals surface area contributed by atoms with Gasteiger partial charge in [0, 0.05) is 19.5 Å². The molecule has 1 atom stereocenters. The molecule has 1 unspecified atom stereocenters. The number of nitrogens with one attached hydrogen (secondary N) is 1. The summed E-state index contributed by atoms with van der Waals surface area (Å²) in [5.41, 5.74) is 4.94. The van der Waals surface area contributed by atoms with E-state index in [1.165, 1.54) is 0 Å². The molecule has 1 rings (SSSR count). The third-order valence-electron chi connectivity index (χ3n) is 2.68. The molecule has 0 aromatic carbocycles. The van der Waals surface area contributed by atoms with Crippen LogP contribution in [0.1, 0.15) is 40.0 Å². The van der Waals surface area contributed by atoms with Gasteiger partial charge in [0.1, 0.15) is 5.60 Å². The molecule has 0 spiro atoms. The molecule has 0 aromatic heterocycles. The van der Waals surface area contributed by atoms with E-state index >= 15 is 0 Å². The Morgan fingerprint density at radius 3 is 2.71 bits per heavy atom. The van der Waals surface area contributed by atoms with Crippen molar-refractivity contribution in [3.8, 4) is 0 Å². The van der Waals surface area contributed by atoms with Gasteiger partial charge in [0.15, 0.2) is 0 Å². The lowest BCUT2D eigenvalue weighted by Crippen LogP contribution is -2.43. The zero-order valence-corrected chi connectivity index (χ0v) is 11.0. The van der Waals surface area contributed by atoms with Crippen LogP contribution in [0.25, 0.3) is 0 Å². The van der Waals surface area contributed by atoms with E-state index in [0.717, 1.165) is 19.4 Å². The summed E-state index contributed by atoms with van der Waals surface area (Å²) < 4.78 is 5.33. The number of amides is 1. The third kappa shape index (κ3) is 5.06. The first kappa shape index (κ1) is 13.8. The summed E-state index contributed by atoms with van der Waals surface area (Å²) in [7, 11) is 0. The monoisotopic (exact) mass is 241 g/mol. The van der Waals surface area contributed by atoms with E-state index in [9.17, 15) is 4.79 Å². The van der Waals surface area contributed by atoms with E-state index in [1.54, 1.807) is 4.90 Å². The number of likely N-dealkylation sites (tertiary alicyclic amines) is 1. The fourth-order valence-corrected chi connectivity index (χ4v) is 2.03. The molecule has 0 aromatic rings. The molecule has 17 heavy (non-hydrogen) atoms. The highest BCUT2D eigenvalue weighted by atomic mass is 16.6. The number of carbonyl (C=O) groups is 1. The summed E-state index contributed by atoms with van der Waals surface area (Å²) in [5, 5.41) is 7.29. The summed E-state index contributed by atoms with van der Waals surface area (Å²) in [6.07, 6.45) is 2.29. The predicted molar refractivity (Wildman–Crippen MR) is 67.1 cm³/mol. The maximum atomic E-state index is 11.9. The maximum Gasteiger partial charge on any atom is 0.410 e.